The van der Waals surface area contributed by atoms with Crippen LogP contribution in [0.15, 0.2) is 18.3 Å². The van der Waals surface area contributed by atoms with E-state index in [1.165, 1.54) is 19.3 Å². The van der Waals surface area contributed by atoms with E-state index in [9.17, 15) is 0 Å². The van der Waals surface area contributed by atoms with E-state index in [0.717, 1.165) is 30.6 Å². The number of pyridine rings is 1. The van der Waals surface area contributed by atoms with Crippen LogP contribution in [0.4, 0.5) is 11.5 Å². The van der Waals surface area contributed by atoms with Crippen molar-refractivity contribution >= 4 is 11.5 Å². The van der Waals surface area contributed by atoms with Crippen LogP contribution >= 0.6 is 0 Å². The van der Waals surface area contributed by atoms with Crippen molar-refractivity contribution in [3.05, 3.63) is 18.3 Å². The van der Waals surface area contributed by atoms with Gasteiger partial charge in [0.2, 0.25) is 0 Å². The minimum absolute atomic E-state index is 0.696. The summed E-state index contributed by atoms with van der Waals surface area (Å²) in [6, 6.07) is 5.45. The van der Waals surface area contributed by atoms with E-state index in [1.54, 1.807) is 6.20 Å². The van der Waals surface area contributed by atoms with E-state index < -0.39 is 0 Å². The van der Waals surface area contributed by atoms with Gasteiger partial charge in [-0.2, -0.15) is 0 Å². The van der Waals surface area contributed by atoms with E-state index in [4.69, 9.17) is 5.73 Å². The summed E-state index contributed by atoms with van der Waals surface area (Å²) < 4.78 is 0. The zero-order valence-electron chi connectivity index (χ0n) is 10.3. The molecule has 3 heterocycles. The molecule has 4 nitrogen and oxygen atoms in total. The Labute approximate surface area is 102 Å². The molecule has 1 aromatic rings. The van der Waals surface area contributed by atoms with Crippen LogP contribution < -0.4 is 10.6 Å². The third-order valence-electron chi connectivity index (χ3n) is 4.24. The Morgan fingerprint density at radius 1 is 1.24 bits per heavy atom. The predicted molar refractivity (Wildman–Crippen MR) is 70.1 cm³/mol. The predicted octanol–water partition coefficient (Wildman–Crippen LogP) is 1.34. The van der Waals surface area contributed by atoms with Crippen LogP contribution in [0.3, 0.4) is 0 Å². The van der Waals surface area contributed by atoms with Gasteiger partial charge in [-0.25, -0.2) is 4.98 Å². The van der Waals surface area contributed by atoms with E-state index in [2.05, 4.69) is 21.8 Å². The molecule has 0 amide bonds. The number of nitrogens with two attached hydrogens (primary N) is 1. The summed E-state index contributed by atoms with van der Waals surface area (Å²) in [6.07, 6.45) is 5.69. The van der Waals surface area contributed by atoms with Gasteiger partial charge in [-0.05, 0) is 38.4 Å². The molecule has 0 aromatic carbocycles. The van der Waals surface area contributed by atoms with Crippen LogP contribution in [-0.2, 0) is 0 Å². The number of nitrogen functional groups attached to an aromatic ring is 1. The molecule has 2 N–H and O–H groups in total. The monoisotopic (exact) mass is 232 g/mol. The number of hydrogen-bond donors (Lipinski definition) is 1. The molecule has 2 aliphatic heterocycles. The highest BCUT2D eigenvalue weighted by Crippen LogP contribution is 2.30. The van der Waals surface area contributed by atoms with Crippen LogP contribution in [0, 0.1) is 0 Å². The first-order chi connectivity index (χ1) is 8.24. The number of rotatable bonds is 1. The smallest absolute Gasteiger partial charge is 0.128 e. The lowest BCUT2D eigenvalue weighted by Gasteiger charge is -2.26. The molecule has 4 heteroatoms. The SMILES string of the molecule is CN1C2CCC1CN(c1ccc(N)cn1)CC2. The second-order valence-corrected chi connectivity index (χ2v) is 5.23. The fourth-order valence-electron chi connectivity index (χ4n) is 3.10. The quantitative estimate of drug-likeness (QED) is 0.793. The molecular weight excluding hydrogens is 212 g/mol. The first-order valence-corrected chi connectivity index (χ1v) is 6.42. The maximum absolute atomic E-state index is 5.68. The van der Waals surface area contributed by atoms with Crippen molar-refractivity contribution in [3.63, 3.8) is 0 Å². The van der Waals surface area contributed by atoms with Gasteiger partial charge >= 0.3 is 0 Å². The van der Waals surface area contributed by atoms with Crippen molar-refractivity contribution < 1.29 is 0 Å². The van der Waals surface area contributed by atoms with Crippen LogP contribution in [0.5, 0.6) is 0 Å². The summed E-state index contributed by atoms with van der Waals surface area (Å²) in [6.45, 7) is 2.21. The van der Waals surface area contributed by atoms with Gasteiger partial charge in [-0.1, -0.05) is 0 Å². The lowest BCUT2D eigenvalue weighted by atomic mass is 10.1. The fraction of sp³-hybridized carbons (Fsp3) is 0.615. The van der Waals surface area contributed by atoms with Crippen molar-refractivity contribution in [1.29, 1.82) is 0 Å². The molecule has 2 aliphatic rings. The molecular formula is C13H20N4. The molecule has 2 saturated heterocycles. The number of hydrogen-bond acceptors (Lipinski definition) is 4. The molecule has 0 saturated carbocycles. The number of fused-ring (bicyclic) bond motifs is 2. The first kappa shape index (κ1) is 10.8. The summed E-state index contributed by atoms with van der Waals surface area (Å²) in [5.41, 5.74) is 6.42. The number of nitrogens with zero attached hydrogens (tertiary/aromatic N) is 3. The van der Waals surface area contributed by atoms with E-state index >= 15 is 0 Å². The highest BCUT2D eigenvalue weighted by atomic mass is 15.3. The summed E-state index contributed by atoms with van der Waals surface area (Å²) in [7, 11) is 2.27. The Morgan fingerprint density at radius 3 is 2.82 bits per heavy atom. The topological polar surface area (TPSA) is 45.4 Å². The van der Waals surface area contributed by atoms with Gasteiger partial charge in [0, 0.05) is 25.2 Å². The fourth-order valence-corrected chi connectivity index (χ4v) is 3.10. The maximum atomic E-state index is 5.68. The van der Waals surface area contributed by atoms with Crippen molar-refractivity contribution in [2.75, 3.05) is 30.8 Å². The number of anilines is 2. The molecule has 0 aliphatic carbocycles. The van der Waals surface area contributed by atoms with Crippen LogP contribution in [0.25, 0.3) is 0 Å². The van der Waals surface area contributed by atoms with Crippen molar-refractivity contribution in [2.45, 2.75) is 31.3 Å². The summed E-state index contributed by atoms with van der Waals surface area (Å²) in [5, 5.41) is 0. The van der Waals surface area contributed by atoms with Gasteiger partial charge in [0.15, 0.2) is 0 Å². The molecule has 17 heavy (non-hydrogen) atoms. The Morgan fingerprint density at radius 2 is 2.06 bits per heavy atom. The van der Waals surface area contributed by atoms with E-state index in [1.807, 2.05) is 12.1 Å². The lowest BCUT2D eigenvalue weighted by molar-refractivity contribution is 0.254. The Hall–Kier alpha value is -1.29. The maximum Gasteiger partial charge on any atom is 0.128 e. The lowest BCUT2D eigenvalue weighted by Crippen LogP contribution is -2.36. The van der Waals surface area contributed by atoms with Gasteiger partial charge in [-0.3, -0.25) is 4.90 Å². The summed E-state index contributed by atoms with van der Waals surface area (Å²) in [4.78, 5) is 9.39. The molecule has 2 bridgehead atoms. The second-order valence-electron chi connectivity index (χ2n) is 5.23. The highest BCUT2D eigenvalue weighted by Gasteiger charge is 2.34. The van der Waals surface area contributed by atoms with Crippen molar-refractivity contribution in [2.24, 2.45) is 0 Å². The second kappa shape index (κ2) is 4.18. The Balaban J connectivity index is 1.79. The third kappa shape index (κ3) is 1.97. The average molecular weight is 232 g/mol. The van der Waals surface area contributed by atoms with Gasteiger partial charge in [-0.15, -0.1) is 0 Å². The highest BCUT2D eigenvalue weighted by molar-refractivity contribution is 5.46. The third-order valence-corrected chi connectivity index (χ3v) is 4.24. The van der Waals surface area contributed by atoms with Gasteiger partial charge in [0.05, 0.1) is 11.9 Å². The minimum Gasteiger partial charge on any atom is -0.397 e. The molecule has 1 aromatic heterocycles. The van der Waals surface area contributed by atoms with Gasteiger partial charge in [0.25, 0.3) is 0 Å². The average Bonchev–Trinajstić information content (AvgIpc) is 2.55. The number of aromatic nitrogens is 1. The molecule has 92 valence electrons. The zero-order chi connectivity index (χ0) is 11.8. The van der Waals surface area contributed by atoms with Crippen LogP contribution in [-0.4, -0.2) is 42.1 Å². The van der Waals surface area contributed by atoms with Gasteiger partial charge < -0.3 is 10.6 Å². The van der Waals surface area contributed by atoms with E-state index in [-0.39, 0.29) is 0 Å². The normalized spacial score (nSPS) is 29.4. The Kier molecular flexibility index (Phi) is 2.67. The molecule has 3 rings (SSSR count). The summed E-state index contributed by atoms with van der Waals surface area (Å²) in [5.74, 6) is 1.07. The molecule has 0 radical (unpaired) electrons. The summed E-state index contributed by atoms with van der Waals surface area (Å²) >= 11 is 0. The molecule has 2 atom stereocenters. The van der Waals surface area contributed by atoms with Crippen molar-refractivity contribution in [1.82, 2.24) is 9.88 Å². The van der Waals surface area contributed by atoms with E-state index in [0.29, 0.717) is 6.04 Å². The van der Waals surface area contributed by atoms with Crippen LogP contribution in [0.2, 0.25) is 0 Å². The van der Waals surface area contributed by atoms with Crippen molar-refractivity contribution in [3.8, 4) is 0 Å². The largest absolute Gasteiger partial charge is 0.397 e. The zero-order valence-corrected chi connectivity index (χ0v) is 10.3. The molecule has 2 unspecified atom stereocenters. The number of likely N-dealkylation sites (N-methyl/N-ethyl adjacent to an activating group) is 1. The molecule has 2 fully saturated rings. The minimum atomic E-state index is 0.696. The molecule has 0 spiro atoms. The first-order valence-electron chi connectivity index (χ1n) is 6.42. The standard InChI is InChI=1S/C13H20N4/c1-16-11-3-4-12(16)9-17(7-6-11)13-5-2-10(14)8-15-13/h2,5,8,11-12H,3-4,6-7,9,14H2,1H3. The van der Waals surface area contributed by atoms with Crippen LogP contribution in [0.1, 0.15) is 19.3 Å². The van der Waals surface area contributed by atoms with Gasteiger partial charge in [0.1, 0.15) is 5.82 Å². The Bertz CT molecular complexity index is 389.